The molecule has 1 rings (SSSR count). The lowest BCUT2D eigenvalue weighted by Gasteiger charge is -2.45. The monoisotopic (exact) mass is 227 g/mol. The highest BCUT2D eigenvalue weighted by molar-refractivity contribution is 5.02. The summed E-state index contributed by atoms with van der Waals surface area (Å²) >= 11 is 0. The second kappa shape index (κ2) is 5.77. The maximum absolute atomic E-state index is 5.66. The van der Waals surface area contributed by atoms with Crippen LogP contribution in [0.1, 0.15) is 27.2 Å². The van der Waals surface area contributed by atoms with Crippen LogP contribution in [0.4, 0.5) is 0 Å². The van der Waals surface area contributed by atoms with E-state index in [1.807, 2.05) is 6.92 Å². The van der Waals surface area contributed by atoms with Crippen molar-refractivity contribution < 1.29 is 4.74 Å². The summed E-state index contributed by atoms with van der Waals surface area (Å²) in [6, 6.07) is 0.225. The fraction of sp³-hybridized carbons (Fsp3) is 0.833. The topological polar surface area (TPSA) is 50.5 Å². The van der Waals surface area contributed by atoms with Crippen LogP contribution in [0.15, 0.2) is 12.2 Å². The zero-order valence-electron chi connectivity index (χ0n) is 10.8. The Morgan fingerprint density at radius 1 is 1.50 bits per heavy atom. The largest absolute Gasteiger partial charge is 0.379 e. The van der Waals surface area contributed by atoms with Crippen LogP contribution in [0, 0.1) is 0 Å². The molecule has 4 heteroatoms. The second-order valence-corrected chi connectivity index (χ2v) is 5.13. The van der Waals surface area contributed by atoms with E-state index in [9.17, 15) is 0 Å². The molecule has 1 aliphatic rings. The normalized spacial score (nSPS) is 20.8. The van der Waals surface area contributed by atoms with E-state index in [1.165, 1.54) is 0 Å². The molecule has 1 aliphatic heterocycles. The summed E-state index contributed by atoms with van der Waals surface area (Å²) < 4.78 is 5.38. The van der Waals surface area contributed by atoms with E-state index in [0.717, 1.165) is 38.3 Å². The number of ether oxygens (including phenoxy) is 1. The first-order chi connectivity index (χ1) is 7.48. The summed E-state index contributed by atoms with van der Waals surface area (Å²) in [4.78, 5) is 2.43. The minimum atomic E-state index is 0.0253. The molecule has 0 radical (unpaired) electrons. The van der Waals surface area contributed by atoms with Crippen molar-refractivity contribution in [3.8, 4) is 0 Å². The van der Waals surface area contributed by atoms with Crippen LogP contribution in [-0.4, -0.2) is 42.8 Å². The SMILES string of the molecule is C=C(C)CC(NN)C(C)(C)N1CCOCC1. The molecule has 0 aromatic carbocycles. The van der Waals surface area contributed by atoms with Gasteiger partial charge in [-0.1, -0.05) is 5.57 Å². The molecule has 1 atom stereocenters. The molecule has 3 N–H and O–H groups in total. The summed E-state index contributed by atoms with van der Waals surface area (Å²) in [5.74, 6) is 5.66. The minimum Gasteiger partial charge on any atom is -0.379 e. The Morgan fingerprint density at radius 3 is 2.50 bits per heavy atom. The highest BCUT2D eigenvalue weighted by Crippen LogP contribution is 2.23. The predicted octanol–water partition coefficient (Wildman–Crippen LogP) is 0.895. The fourth-order valence-corrected chi connectivity index (χ4v) is 2.22. The number of hydrogen-bond acceptors (Lipinski definition) is 4. The Morgan fingerprint density at radius 2 is 2.06 bits per heavy atom. The Bertz CT molecular complexity index is 234. The molecular weight excluding hydrogens is 202 g/mol. The third-order valence-electron chi connectivity index (χ3n) is 3.43. The average molecular weight is 227 g/mol. The number of nitrogens with zero attached hydrogens (tertiary/aromatic N) is 1. The molecule has 94 valence electrons. The van der Waals surface area contributed by atoms with Crippen LogP contribution in [0.25, 0.3) is 0 Å². The lowest BCUT2D eigenvalue weighted by Crippen LogP contribution is -2.61. The van der Waals surface area contributed by atoms with Crippen molar-refractivity contribution in [2.75, 3.05) is 26.3 Å². The van der Waals surface area contributed by atoms with E-state index < -0.39 is 0 Å². The van der Waals surface area contributed by atoms with Gasteiger partial charge in [-0.2, -0.15) is 0 Å². The van der Waals surface area contributed by atoms with E-state index >= 15 is 0 Å². The highest BCUT2D eigenvalue weighted by atomic mass is 16.5. The van der Waals surface area contributed by atoms with E-state index in [0.29, 0.717) is 0 Å². The van der Waals surface area contributed by atoms with Gasteiger partial charge in [-0.3, -0.25) is 16.2 Å². The summed E-state index contributed by atoms with van der Waals surface area (Å²) in [6.45, 7) is 14.0. The first kappa shape index (κ1) is 13.6. The van der Waals surface area contributed by atoms with Gasteiger partial charge in [-0.15, -0.1) is 6.58 Å². The van der Waals surface area contributed by atoms with Gasteiger partial charge in [0.25, 0.3) is 0 Å². The van der Waals surface area contributed by atoms with E-state index in [1.54, 1.807) is 0 Å². The van der Waals surface area contributed by atoms with Gasteiger partial charge < -0.3 is 4.74 Å². The van der Waals surface area contributed by atoms with Crippen molar-refractivity contribution in [2.24, 2.45) is 5.84 Å². The van der Waals surface area contributed by atoms with Crippen LogP contribution in [0.3, 0.4) is 0 Å². The first-order valence-corrected chi connectivity index (χ1v) is 5.91. The molecule has 0 amide bonds. The summed E-state index contributed by atoms with van der Waals surface area (Å²) in [5.41, 5.74) is 4.11. The molecule has 4 nitrogen and oxygen atoms in total. The van der Waals surface area contributed by atoms with Gasteiger partial charge in [-0.25, -0.2) is 0 Å². The van der Waals surface area contributed by atoms with Gasteiger partial charge in [0.1, 0.15) is 0 Å². The van der Waals surface area contributed by atoms with E-state index in [4.69, 9.17) is 10.6 Å². The Balaban J connectivity index is 2.67. The van der Waals surface area contributed by atoms with Gasteiger partial charge in [0.2, 0.25) is 0 Å². The van der Waals surface area contributed by atoms with Crippen LogP contribution in [0.5, 0.6) is 0 Å². The Labute approximate surface area is 98.8 Å². The molecule has 0 aromatic heterocycles. The molecule has 16 heavy (non-hydrogen) atoms. The van der Waals surface area contributed by atoms with Crippen molar-refractivity contribution in [3.63, 3.8) is 0 Å². The van der Waals surface area contributed by atoms with Gasteiger partial charge in [-0.05, 0) is 27.2 Å². The van der Waals surface area contributed by atoms with E-state index in [2.05, 4.69) is 30.8 Å². The number of rotatable bonds is 5. The quantitative estimate of drug-likeness (QED) is 0.416. The van der Waals surface area contributed by atoms with Crippen molar-refractivity contribution >= 4 is 0 Å². The average Bonchev–Trinajstić information content (AvgIpc) is 2.26. The maximum atomic E-state index is 5.66. The van der Waals surface area contributed by atoms with Gasteiger partial charge in [0.05, 0.1) is 13.2 Å². The van der Waals surface area contributed by atoms with Crippen molar-refractivity contribution in [1.82, 2.24) is 10.3 Å². The number of hydrogen-bond donors (Lipinski definition) is 2. The highest BCUT2D eigenvalue weighted by Gasteiger charge is 2.35. The molecular formula is C12H25N3O. The first-order valence-electron chi connectivity index (χ1n) is 5.91. The molecule has 0 aliphatic carbocycles. The number of nitrogens with one attached hydrogen (secondary N) is 1. The van der Waals surface area contributed by atoms with Gasteiger partial charge in [0.15, 0.2) is 0 Å². The van der Waals surface area contributed by atoms with Gasteiger partial charge >= 0.3 is 0 Å². The molecule has 1 fully saturated rings. The number of nitrogens with two attached hydrogens (primary N) is 1. The molecule has 1 saturated heterocycles. The minimum absolute atomic E-state index is 0.0253. The van der Waals surface area contributed by atoms with Crippen LogP contribution < -0.4 is 11.3 Å². The van der Waals surface area contributed by atoms with Crippen LogP contribution >= 0.6 is 0 Å². The molecule has 0 aromatic rings. The number of morpholine rings is 1. The zero-order valence-corrected chi connectivity index (χ0v) is 10.8. The lowest BCUT2D eigenvalue weighted by molar-refractivity contribution is -0.0232. The lowest BCUT2D eigenvalue weighted by atomic mass is 9.88. The number of hydrazine groups is 1. The Kier molecular flexibility index (Phi) is 4.92. The van der Waals surface area contributed by atoms with Crippen molar-refractivity contribution in [2.45, 2.75) is 38.8 Å². The molecule has 1 heterocycles. The summed E-state index contributed by atoms with van der Waals surface area (Å²) in [7, 11) is 0. The third kappa shape index (κ3) is 3.28. The van der Waals surface area contributed by atoms with Crippen LogP contribution in [-0.2, 0) is 4.74 Å². The molecule has 0 saturated carbocycles. The Hall–Kier alpha value is -0.420. The smallest absolute Gasteiger partial charge is 0.0594 e. The predicted molar refractivity (Wildman–Crippen MR) is 67.0 cm³/mol. The fourth-order valence-electron chi connectivity index (χ4n) is 2.22. The van der Waals surface area contributed by atoms with E-state index in [-0.39, 0.29) is 11.6 Å². The molecule has 0 spiro atoms. The van der Waals surface area contributed by atoms with Gasteiger partial charge in [0, 0.05) is 24.7 Å². The summed E-state index contributed by atoms with van der Waals surface area (Å²) in [5, 5.41) is 0. The maximum Gasteiger partial charge on any atom is 0.0594 e. The molecule has 1 unspecified atom stereocenters. The van der Waals surface area contributed by atoms with Crippen molar-refractivity contribution in [1.29, 1.82) is 0 Å². The van der Waals surface area contributed by atoms with Crippen molar-refractivity contribution in [3.05, 3.63) is 12.2 Å². The molecule has 0 bridgehead atoms. The summed E-state index contributed by atoms with van der Waals surface area (Å²) in [6.07, 6.45) is 0.904. The zero-order chi connectivity index (χ0) is 12.2. The second-order valence-electron chi connectivity index (χ2n) is 5.13. The third-order valence-corrected chi connectivity index (χ3v) is 3.43. The van der Waals surface area contributed by atoms with Crippen LogP contribution in [0.2, 0.25) is 0 Å². The standard InChI is InChI=1S/C12H25N3O/c1-10(2)9-11(14-13)12(3,4)15-5-7-16-8-6-15/h11,14H,1,5-9,13H2,2-4H3.